The summed E-state index contributed by atoms with van der Waals surface area (Å²) in [7, 11) is 0. The molecule has 1 aliphatic rings. The van der Waals surface area contributed by atoms with E-state index in [0.29, 0.717) is 5.56 Å². The molecule has 162 valence electrons. The first-order valence-electron chi connectivity index (χ1n) is 9.53. The third-order valence-electron chi connectivity index (χ3n) is 5.18. The van der Waals surface area contributed by atoms with Crippen LogP contribution in [0.4, 0.5) is 0 Å². The first-order valence-corrected chi connectivity index (χ1v) is 11.4. The predicted octanol–water partition coefficient (Wildman–Crippen LogP) is 7.38. The molecule has 0 spiro atoms. The van der Waals surface area contributed by atoms with Crippen molar-refractivity contribution >= 4 is 70.2 Å². The van der Waals surface area contributed by atoms with Gasteiger partial charge >= 0.3 is 5.97 Å². The van der Waals surface area contributed by atoms with Crippen LogP contribution in [0, 0.1) is 17.3 Å². The second-order valence-corrected chi connectivity index (χ2v) is 9.59. The summed E-state index contributed by atoms with van der Waals surface area (Å²) in [5, 5.41) is 7.10. The molecular weight excluding hydrogens is 477 g/mol. The number of benzene rings is 1. The fraction of sp³-hybridized carbons (Fsp3) is 0.600. The van der Waals surface area contributed by atoms with E-state index in [1.807, 2.05) is 25.1 Å². The first-order chi connectivity index (χ1) is 13.6. The molecule has 0 amide bonds. The molecule has 4 nitrogen and oxygen atoms in total. The molecular formula is C20H25Cl5N2O2. The average Bonchev–Trinajstić information content (AvgIpc) is 3.23. The van der Waals surface area contributed by atoms with Gasteiger partial charge in [0.2, 0.25) is 0 Å². The molecule has 29 heavy (non-hydrogen) atoms. The number of carbonyl (C=O) groups is 1. The van der Waals surface area contributed by atoms with E-state index in [-0.39, 0.29) is 54.9 Å². The Bertz CT molecular complexity index is 763. The third-order valence-corrected chi connectivity index (χ3v) is 7.53. The maximum atomic E-state index is 12.7. The zero-order chi connectivity index (χ0) is 21.9. The number of carbonyl (C=O) groups excluding carboxylic acids is 1. The van der Waals surface area contributed by atoms with E-state index in [1.165, 1.54) is 0 Å². The van der Waals surface area contributed by atoms with E-state index >= 15 is 0 Å². The van der Waals surface area contributed by atoms with Crippen LogP contribution >= 0.6 is 58.0 Å². The van der Waals surface area contributed by atoms with E-state index < -0.39 is 0 Å². The van der Waals surface area contributed by atoms with Crippen molar-refractivity contribution in [2.45, 2.75) is 47.1 Å². The fourth-order valence-electron chi connectivity index (χ4n) is 3.33. The Kier molecular flexibility index (Phi) is 8.82. The highest BCUT2D eigenvalue weighted by Crippen LogP contribution is 2.58. The number of nitrogens with zero attached hydrogens (tertiary/aromatic N) is 2. The van der Waals surface area contributed by atoms with Gasteiger partial charge in [-0.25, -0.2) is 0 Å². The van der Waals surface area contributed by atoms with Gasteiger partial charge in [0.25, 0.3) is 0 Å². The Balaban J connectivity index is 2.07. The number of hydrazone groups is 1. The Labute approximate surface area is 197 Å². The van der Waals surface area contributed by atoms with Gasteiger partial charge in [0.05, 0.1) is 31.0 Å². The van der Waals surface area contributed by atoms with Crippen molar-refractivity contribution in [2.75, 3.05) is 13.1 Å². The molecule has 0 aliphatic heterocycles. The van der Waals surface area contributed by atoms with Crippen LogP contribution in [-0.2, 0) is 16.1 Å². The van der Waals surface area contributed by atoms with Crippen LogP contribution in [-0.4, -0.2) is 30.3 Å². The Morgan fingerprint density at radius 2 is 1.48 bits per heavy atom. The van der Waals surface area contributed by atoms with E-state index in [2.05, 4.69) is 18.9 Å². The minimum Gasteiger partial charge on any atom is -0.460 e. The lowest BCUT2D eigenvalue weighted by Crippen LogP contribution is -2.19. The Hall–Kier alpha value is -0.390. The lowest BCUT2D eigenvalue weighted by Gasteiger charge is -2.16. The number of ether oxygens (including phenoxy) is 1. The Morgan fingerprint density at radius 1 is 1.00 bits per heavy atom. The summed E-state index contributed by atoms with van der Waals surface area (Å²) in [4.78, 5) is 12.7. The molecule has 1 aromatic carbocycles. The largest absolute Gasteiger partial charge is 0.460 e. The standard InChI is InChI=1S/C20H25Cl5N2O2/c1-5-7-27(8-6-2)26-9-12-13(20(12,3)4)19(28)29-10-11-14(21)16(23)18(25)17(24)15(11)22/h9,12-13H,5-8,10H2,1-4H3. The van der Waals surface area contributed by atoms with Crippen molar-refractivity contribution in [1.82, 2.24) is 5.01 Å². The second-order valence-electron chi connectivity index (χ2n) is 7.70. The van der Waals surface area contributed by atoms with E-state index in [1.54, 1.807) is 0 Å². The molecule has 1 aliphatic carbocycles. The van der Waals surface area contributed by atoms with Gasteiger partial charge in [-0.1, -0.05) is 85.7 Å². The lowest BCUT2D eigenvalue weighted by molar-refractivity contribution is -0.147. The molecule has 0 saturated heterocycles. The predicted molar refractivity (Wildman–Crippen MR) is 123 cm³/mol. The molecule has 1 fully saturated rings. The average molecular weight is 503 g/mol. The highest BCUT2D eigenvalue weighted by Gasteiger charge is 2.62. The van der Waals surface area contributed by atoms with Crippen molar-refractivity contribution in [1.29, 1.82) is 0 Å². The molecule has 0 radical (unpaired) electrons. The highest BCUT2D eigenvalue weighted by atomic mass is 35.5. The van der Waals surface area contributed by atoms with Crippen LogP contribution < -0.4 is 0 Å². The molecule has 9 heteroatoms. The van der Waals surface area contributed by atoms with Gasteiger partial charge in [-0.3, -0.25) is 9.80 Å². The number of hydrogen-bond donors (Lipinski definition) is 0. The van der Waals surface area contributed by atoms with E-state index in [0.717, 1.165) is 25.9 Å². The molecule has 2 rings (SSSR count). The minimum absolute atomic E-state index is 0.00884. The summed E-state index contributed by atoms with van der Waals surface area (Å²) in [6, 6.07) is 0. The van der Waals surface area contributed by atoms with Gasteiger partial charge in [0.1, 0.15) is 6.61 Å². The van der Waals surface area contributed by atoms with Crippen molar-refractivity contribution in [3.8, 4) is 0 Å². The van der Waals surface area contributed by atoms with Crippen LogP contribution in [0.15, 0.2) is 5.10 Å². The minimum atomic E-state index is -0.335. The molecule has 0 bridgehead atoms. The van der Waals surface area contributed by atoms with Crippen LogP contribution in [0.1, 0.15) is 46.1 Å². The van der Waals surface area contributed by atoms with Gasteiger partial charge in [0, 0.05) is 30.8 Å². The lowest BCUT2D eigenvalue weighted by atomic mass is 10.1. The normalized spacial score (nSPS) is 20.2. The SMILES string of the molecule is CCCN(CCC)N=CC1C(C(=O)OCc2c(Cl)c(Cl)c(Cl)c(Cl)c2Cl)C1(C)C. The van der Waals surface area contributed by atoms with Gasteiger partial charge in [-0.15, -0.1) is 0 Å². The fourth-order valence-corrected chi connectivity index (χ4v) is 4.61. The van der Waals surface area contributed by atoms with Gasteiger partial charge in [-0.2, -0.15) is 5.10 Å². The maximum absolute atomic E-state index is 12.7. The quantitative estimate of drug-likeness (QED) is 0.116. The molecule has 0 N–H and O–H groups in total. The van der Waals surface area contributed by atoms with Crippen molar-refractivity contribution in [2.24, 2.45) is 22.4 Å². The zero-order valence-electron chi connectivity index (χ0n) is 16.9. The second kappa shape index (κ2) is 10.3. The van der Waals surface area contributed by atoms with Crippen LogP contribution in [0.5, 0.6) is 0 Å². The van der Waals surface area contributed by atoms with Gasteiger partial charge in [0.15, 0.2) is 0 Å². The third kappa shape index (κ3) is 5.46. The number of esters is 1. The maximum Gasteiger partial charge on any atom is 0.310 e. The van der Waals surface area contributed by atoms with Crippen molar-refractivity contribution < 1.29 is 9.53 Å². The first kappa shape index (κ1) is 24.9. The molecule has 2 atom stereocenters. The van der Waals surface area contributed by atoms with E-state index in [9.17, 15) is 4.79 Å². The van der Waals surface area contributed by atoms with Crippen LogP contribution in [0.3, 0.4) is 0 Å². The topological polar surface area (TPSA) is 41.9 Å². The number of hydrogen-bond acceptors (Lipinski definition) is 4. The Morgan fingerprint density at radius 3 is 1.97 bits per heavy atom. The van der Waals surface area contributed by atoms with Gasteiger partial charge in [-0.05, 0) is 18.3 Å². The summed E-state index contributed by atoms with van der Waals surface area (Å²) in [5.41, 5.74) is 0.106. The summed E-state index contributed by atoms with van der Waals surface area (Å²) >= 11 is 30.5. The van der Waals surface area contributed by atoms with Crippen LogP contribution in [0.2, 0.25) is 25.1 Å². The molecule has 0 heterocycles. The number of halogens is 5. The molecule has 1 saturated carbocycles. The molecule has 2 unspecified atom stereocenters. The summed E-state index contributed by atoms with van der Waals surface area (Å²) in [5.74, 6) is -0.611. The van der Waals surface area contributed by atoms with Crippen molar-refractivity contribution in [3.63, 3.8) is 0 Å². The van der Waals surface area contributed by atoms with Crippen LogP contribution in [0.25, 0.3) is 0 Å². The summed E-state index contributed by atoms with van der Waals surface area (Å²) in [6.07, 6.45) is 3.91. The molecule has 1 aromatic rings. The highest BCUT2D eigenvalue weighted by molar-refractivity contribution is 6.55. The zero-order valence-corrected chi connectivity index (χ0v) is 20.6. The summed E-state index contributed by atoms with van der Waals surface area (Å²) in [6.45, 7) is 9.92. The van der Waals surface area contributed by atoms with Crippen molar-refractivity contribution in [3.05, 3.63) is 30.7 Å². The van der Waals surface area contributed by atoms with Gasteiger partial charge < -0.3 is 4.74 Å². The molecule has 0 aromatic heterocycles. The smallest absolute Gasteiger partial charge is 0.310 e. The summed E-state index contributed by atoms with van der Waals surface area (Å²) < 4.78 is 5.49. The number of rotatable bonds is 9. The monoisotopic (exact) mass is 500 g/mol. The van der Waals surface area contributed by atoms with E-state index in [4.69, 9.17) is 62.7 Å².